The Morgan fingerprint density at radius 2 is 2.40 bits per heavy atom. The highest BCUT2D eigenvalue weighted by atomic mass is 15.3. The van der Waals surface area contributed by atoms with Gasteiger partial charge in [-0.15, -0.1) is 0 Å². The fraction of sp³-hybridized carbons (Fsp3) is 0.818. The van der Waals surface area contributed by atoms with Crippen molar-refractivity contribution in [3.8, 4) is 0 Å². The van der Waals surface area contributed by atoms with Crippen LogP contribution in [0.2, 0.25) is 0 Å². The molecule has 1 aromatic rings. The first-order valence-corrected chi connectivity index (χ1v) is 5.88. The Labute approximate surface area is 91.1 Å². The van der Waals surface area contributed by atoms with Crippen LogP contribution in [-0.4, -0.2) is 21.3 Å². The van der Waals surface area contributed by atoms with E-state index in [1.807, 2.05) is 4.68 Å². The van der Waals surface area contributed by atoms with Gasteiger partial charge < -0.3 is 5.32 Å². The van der Waals surface area contributed by atoms with Crippen LogP contribution in [0.4, 0.5) is 0 Å². The van der Waals surface area contributed by atoms with Crippen LogP contribution in [0.25, 0.3) is 0 Å². The first-order chi connectivity index (χ1) is 7.31. The number of nitrogens with one attached hydrogen (secondary N) is 1. The van der Waals surface area contributed by atoms with Gasteiger partial charge in [-0.3, -0.25) is 0 Å². The topological polar surface area (TPSA) is 42.7 Å². The summed E-state index contributed by atoms with van der Waals surface area (Å²) < 4.78 is 1.99. The summed E-state index contributed by atoms with van der Waals surface area (Å²) in [6.07, 6.45) is 4.14. The van der Waals surface area contributed by atoms with Gasteiger partial charge in [0.1, 0.15) is 12.2 Å². The summed E-state index contributed by atoms with van der Waals surface area (Å²) in [6, 6.07) is 0. The van der Waals surface area contributed by atoms with Gasteiger partial charge in [-0.2, -0.15) is 5.10 Å². The van der Waals surface area contributed by atoms with Crippen molar-refractivity contribution in [1.29, 1.82) is 0 Å². The standard InChI is InChI=1S/C11H20N4/c1-3-4-15-11(13-8-14-15)7-12-6-10-5-9(10)2/h8-10,12H,3-7H2,1-2H3. The zero-order valence-electron chi connectivity index (χ0n) is 9.61. The van der Waals surface area contributed by atoms with Gasteiger partial charge in [0.25, 0.3) is 0 Å². The highest BCUT2D eigenvalue weighted by molar-refractivity contribution is 4.87. The van der Waals surface area contributed by atoms with Gasteiger partial charge in [0, 0.05) is 6.54 Å². The summed E-state index contributed by atoms with van der Waals surface area (Å²) in [4.78, 5) is 4.26. The van der Waals surface area contributed by atoms with Crippen LogP contribution in [-0.2, 0) is 13.1 Å². The lowest BCUT2D eigenvalue weighted by molar-refractivity contribution is 0.530. The van der Waals surface area contributed by atoms with Crippen molar-refractivity contribution in [2.75, 3.05) is 6.54 Å². The lowest BCUT2D eigenvalue weighted by Gasteiger charge is -2.05. The van der Waals surface area contributed by atoms with E-state index in [0.717, 1.165) is 43.7 Å². The van der Waals surface area contributed by atoms with E-state index in [0.29, 0.717) is 0 Å². The van der Waals surface area contributed by atoms with Gasteiger partial charge in [-0.25, -0.2) is 9.67 Å². The summed E-state index contributed by atoms with van der Waals surface area (Å²) in [5, 5.41) is 7.66. The van der Waals surface area contributed by atoms with Crippen LogP contribution in [0.5, 0.6) is 0 Å². The third kappa shape index (κ3) is 2.78. The van der Waals surface area contributed by atoms with E-state index in [4.69, 9.17) is 0 Å². The number of nitrogens with zero attached hydrogens (tertiary/aromatic N) is 3. The third-order valence-corrected chi connectivity index (χ3v) is 3.10. The van der Waals surface area contributed by atoms with Gasteiger partial charge >= 0.3 is 0 Å². The van der Waals surface area contributed by atoms with Crippen molar-refractivity contribution >= 4 is 0 Å². The maximum absolute atomic E-state index is 4.26. The molecule has 0 radical (unpaired) electrons. The second-order valence-corrected chi connectivity index (χ2v) is 4.50. The third-order valence-electron chi connectivity index (χ3n) is 3.10. The molecule has 2 atom stereocenters. The number of hydrogen-bond donors (Lipinski definition) is 1. The predicted molar refractivity (Wildman–Crippen MR) is 59.3 cm³/mol. The summed E-state index contributed by atoms with van der Waals surface area (Å²) in [5.74, 6) is 2.88. The maximum Gasteiger partial charge on any atom is 0.140 e. The Kier molecular flexibility index (Phi) is 3.36. The van der Waals surface area contributed by atoms with Crippen molar-refractivity contribution in [2.45, 2.75) is 39.8 Å². The van der Waals surface area contributed by atoms with Crippen molar-refractivity contribution < 1.29 is 0 Å². The van der Waals surface area contributed by atoms with Crippen LogP contribution in [0, 0.1) is 11.8 Å². The lowest BCUT2D eigenvalue weighted by atomic mass is 10.3. The first-order valence-electron chi connectivity index (χ1n) is 5.88. The molecule has 2 unspecified atom stereocenters. The molecular weight excluding hydrogens is 188 g/mol. The van der Waals surface area contributed by atoms with Gasteiger partial charge in [0.05, 0.1) is 6.54 Å². The second kappa shape index (κ2) is 4.75. The van der Waals surface area contributed by atoms with E-state index < -0.39 is 0 Å². The Hall–Kier alpha value is -0.900. The van der Waals surface area contributed by atoms with Gasteiger partial charge in [0.15, 0.2) is 0 Å². The molecule has 0 bridgehead atoms. The molecule has 15 heavy (non-hydrogen) atoms. The zero-order valence-corrected chi connectivity index (χ0v) is 9.61. The predicted octanol–water partition coefficient (Wildman–Crippen LogP) is 1.43. The molecule has 0 aliphatic heterocycles. The summed E-state index contributed by atoms with van der Waals surface area (Å²) in [7, 11) is 0. The molecule has 1 saturated carbocycles. The van der Waals surface area contributed by atoms with E-state index >= 15 is 0 Å². The molecule has 1 fully saturated rings. The van der Waals surface area contributed by atoms with Crippen LogP contribution < -0.4 is 5.32 Å². The van der Waals surface area contributed by atoms with Crippen molar-refractivity contribution in [1.82, 2.24) is 20.1 Å². The fourth-order valence-corrected chi connectivity index (χ4v) is 1.88. The van der Waals surface area contributed by atoms with Crippen LogP contribution in [0.15, 0.2) is 6.33 Å². The number of hydrogen-bond acceptors (Lipinski definition) is 3. The van der Waals surface area contributed by atoms with Gasteiger partial charge in [-0.1, -0.05) is 13.8 Å². The molecule has 0 spiro atoms. The monoisotopic (exact) mass is 208 g/mol. The Balaban J connectivity index is 1.74. The molecule has 4 nitrogen and oxygen atoms in total. The largest absolute Gasteiger partial charge is 0.310 e. The van der Waals surface area contributed by atoms with E-state index in [-0.39, 0.29) is 0 Å². The van der Waals surface area contributed by atoms with Gasteiger partial charge in [-0.05, 0) is 31.2 Å². The van der Waals surface area contributed by atoms with Gasteiger partial charge in [0.2, 0.25) is 0 Å². The number of rotatable bonds is 6. The fourth-order valence-electron chi connectivity index (χ4n) is 1.88. The molecule has 1 aliphatic rings. The van der Waals surface area contributed by atoms with E-state index in [9.17, 15) is 0 Å². The van der Waals surface area contributed by atoms with Crippen LogP contribution >= 0.6 is 0 Å². The molecule has 0 aromatic carbocycles. The summed E-state index contributed by atoms with van der Waals surface area (Å²) in [5.41, 5.74) is 0. The molecule has 1 heterocycles. The Morgan fingerprint density at radius 1 is 1.60 bits per heavy atom. The molecular formula is C11H20N4. The highest BCUT2D eigenvalue weighted by Gasteiger charge is 2.31. The minimum Gasteiger partial charge on any atom is -0.310 e. The Bertz CT molecular complexity index is 307. The summed E-state index contributed by atoms with van der Waals surface area (Å²) >= 11 is 0. The lowest BCUT2D eigenvalue weighted by Crippen LogP contribution is -2.20. The van der Waals surface area contributed by atoms with Crippen molar-refractivity contribution in [3.63, 3.8) is 0 Å². The molecule has 1 N–H and O–H groups in total. The molecule has 2 rings (SSSR count). The minimum atomic E-state index is 0.850. The maximum atomic E-state index is 4.26. The Morgan fingerprint density at radius 3 is 3.07 bits per heavy atom. The molecule has 0 saturated heterocycles. The smallest absolute Gasteiger partial charge is 0.140 e. The molecule has 0 amide bonds. The molecule has 84 valence electrons. The number of aromatic nitrogens is 3. The van der Waals surface area contributed by atoms with E-state index in [1.165, 1.54) is 6.42 Å². The molecule has 4 heteroatoms. The van der Waals surface area contributed by atoms with Crippen LogP contribution in [0.3, 0.4) is 0 Å². The zero-order chi connectivity index (χ0) is 10.7. The average molecular weight is 208 g/mol. The minimum absolute atomic E-state index is 0.850. The molecule has 1 aromatic heterocycles. The SMILES string of the molecule is CCCn1ncnc1CNCC1CC1C. The summed E-state index contributed by atoms with van der Waals surface area (Å²) in [6.45, 7) is 7.41. The van der Waals surface area contributed by atoms with E-state index in [1.54, 1.807) is 6.33 Å². The van der Waals surface area contributed by atoms with Crippen LogP contribution in [0.1, 0.15) is 32.5 Å². The van der Waals surface area contributed by atoms with Crippen molar-refractivity contribution in [2.24, 2.45) is 11.8 Å². The first kappa shape index (κ1) is 10.6. The normalized spacial score (nSPS) is 24.4. The van der Waals surface area contributed by atoms with Crippen molar-refractivity contribution in [3.05, 3.63) is 12.2 Å². The number of aryl methyl sites for hydroxylation is 1. The molecule has 1 aliphatic carbocycles. The highest BCUT2D eigenvalue weighted by Crippen LogP contribution is 2.36. The van der Waals surface area contributed by atoms with E-state index in [2.05, 4.69) is 29.2 Å². The quantitative estimate of drug-likeness (QED) is 0.769. The average Bonchev–Trinajstić information content (AvgIpc) is 2.74. The second-order valence-electron chi connectivity index (χ2n) is 4.50.